The summed E-state index contributed by atoms with van der Waals surface area (Å²) in [5, 5.41) is 3.51. The van der Waals surface area contributed by atoms with Gasteiger partial charge in [-0.05, 0) is 45.8 Å². The Morgan fingerprint density at radius 1 is 1.35 bits per heavy atom. The van der Waals surface area contributed by atoms with E-state index in [0.717, 1.165) is 44.2 Å². The van der Waals surface area contributed by atoms with Gasteiger partial charge in [0.05, 0.1) is 0 Å². The van der Waals surface area contributed by atoms with Crippen LogP contribution in [-0.4, -0.2) is 54.3 Å². The number of hydrogen-bond donors (Lipinski definition) is 1. The molecule has 2 heterocycles. The van der Waals surface area contributed by atoms with Gasteiger partial charge in [-0.1, -0.05) is 0 Å². The molecule has 0 amide bonds. The summed E-state index contributed by atoms with van der Waals surface area (Å²) in [7, 11) is 4.31. The van der Waals surface area contributed by atoms with Crippen LogP contribution >= 0.6 is 0 Å². The second-order valence-corrected chi connectivity index (χ2v) is 6.16. The van der Waals surface area contributed by atoms with E-state index in [4.69, 9.17) is 4.74 Å². The monoisotopic (exact) mass is 276 g/mol. The topological polar surface area (TPSA) is 50.3 Å². The van der Waals surface area contributed by atoms with E-state index in [9.17, 15) is 0 Å². The first-order valence-corrected chi connectivity index (χ1v) is 7.52. The van der Waals surface area contributed by atoms with Crippen molar-refractivity contribution in [3.05, 3.63) is 18.1 Å². The van der Waals surface area contributed by atoms with Crippen LogP contribution in [0.25, 0.3) is 0 Å². The number of nitrogens with zero attached hydrogens (tertiary/aromatic N) is 3. The maximum atomic E-state index is 5.51. The molecule has 2 fully saturated rings. The Morgan fingerprint density at radius 2 is 2.10 bits per heavy atom. The van der Waals surface area contributed by atoms with E-state index in [1.165, 1.54) is 12.8 Å². The molecule has 1 saturated carbocycles. The second kappa shape index (κ2) is 5.66. The largest absolute Gasteiger partial charge is 0.381 e. The zero-order valence-corrected chi connectivity index (χ0v) is 12.4. The molecular weight excluding hydrogens is 252 g/mol. The molecule has 110 valence electrons. The Hall–Kier alpha value is -1.20. The molecule has 0 atom stereocenters. The lowest BCUT2D eigenvalue weighted by molar-refractivity contribution is -0.000667. The SMILES string of the molecule is CN(C)C1(CNc2ccnc(C3CC3)n2)CCOCC1. The average molecular weight is 276 g/mol. The van der Waals surface area contributed by atoms with Gasteiger partial charge in [0.15, 0.2) is 0 Å². The fraction of sp³-hybridized carbons (Fsp3) is 0.733. The summed E-state index contributed by atoms with van der Waals surface area (Å²) in [6.07, 6.45) is 6.47. The molecule has 0 aromatic carbocycles. The number of rotatable bonds is 5. The van der Waals surface area contributed by atoms with Crippen LogP contribution in [0.2, 0.25) is 0 Å². The van der Waals surface area contributed by atoms with E-state index >= 15 is 0 Å². The molecule has 20 heavy (non-hydrogen) atoms. The van der Waals surface area contributed by atoms with Crippen molar-refractivity contribution in [3.8, 4) is 0 Å². The lowest BCUT2D eigenvalue weighted by Gasteiger charge is -2.43. The summed E-state index contributed by atoms with van der Waals surface area (Å²) >= 11 is 0. The lowest BCUT2D eigenvalue weighted by atomic mass is 9.88. The van der Waals surface area contributed by atoms with Crippen molar-refractivity contribution in [2.24, 2.45) is 0 Å². The van der Waals surface area contributed by atoms with Gasteiger partial charge in [-0.3, -0.25) is 0 Å². The molecule has 1 saturated heterocycles. The smallest absolute Gasteiger partial charge is 0.133 e. The van der Waals surface area contributed by atoms with Crippen molar-refractivity contribution < 1.29 is 4.74 Å². The van der Waals surface area contributed by atoms with Crippen LogP contribution in [0.5, 0.6) is 0 Å². The number of aromatic nitrogens is 2. The van der Waals surface area contributed by atoms with Crippen molar-refractivity contribution in [1.82, 2.24) is 14.9 Å². The Bertz CT molecular complexity index is 453. The highest BCUT2D eigenvalue weighted by Crippen LogP contribution is 2.38. The molecule has 3 rings (SSSR count). The molecule has 1 aromatic rings. The standard InChI is InChI=1S/C15H24N4O/c1-19(2)15(6-9-20-10-7-15)11-17-13-5-8-16-14(18-13)12-3-4-12/h5,8,12H,3-4,6-7,9-11H2,1-2H3,(H,16,17,18). The van der Waals surface area contributed by atoms with Gasteiger partial charge in [-0.15, -0.1) is 0 Å². The second-order valence-electron chi connectivity index (χ2n) is 6.16. The summed E-state index contributed by atoms with van der Waals surface area (Å²) in [5.41, 5.74) is 0.170. The Labute approximate surface area is 120 Å². The van der Waals surface area contributed by atoms with Crippen LogP contribution in [0.4, 0.5) is 5.82 Å². The van der Waals surface area contributed by atoms with Crippen LogP contribution in [-0.2, 0) is 4.74 Å². The molecule has 1 N–H and O–H groups in total. The van der Waals surface area contributed by atoms with Gasteiger partial charge >= 0.3 is 0 Å². The number of anilines is 1. The highest BCUT2D eigenvalue weighted by molar-refractivity contribution is 5.34. The molecule has 0 radical (unpaired) electrons. The maximum Gasteiger partial charge on any atom is 0.133 e. The minimum atomic E-state index is 0.170. The lowest BCUT2D eigenvalue weighted by Crippen LogP contribution is -2.53. The summed E-state index contributed by atoms with van der Waals surface area (Å²) in [5.74, 6) is 2.55. The van der Waals surface area contributed by atoms with Crippen molar-refractivity contribution in [2.45, 2.75) is 37.1 Å². The molecule has 0 bridgehead atoms. The number of nitrogens with one attached hydrogen (secondary N) is 1. The predicted molar refractivity (Wildman–Crippen MR) is 79.0 cm³/mol. The van der Waals surface area contributed by atoms with Crippen molar-refractivity contribution >= 4 is 5.82 Å². The van der Waals surface area contributed by atoms with Crippen LogP contribution in [0.3, 0.4) is 0 Å². The minimum absolute atomic E-state index is 0.170. The van der Waals surface area contributed by atoms with Crippen LogP contribution in [0, 0.1) is 0 Å². The quantitative estimate of drug-likeness (QED) is 0.890. The number of likely N-dealkylation sites (N-methyl/N-ethyl adjacent to an activating group) is 1. The number of ether oxygens (including phenoxy) is 1. The molecule has 1 aromatic heterocycles. The Kier molecular flexibility index (Phi) is 3.89. The molecule has 5 heteroatoms. The zero-order chi connectivity index (χ0) is 14.0. The molecule has 2 aliphatic rings. The minimum Gasteiger partial charge on any atom is -0.381 e. The summed E-state index contributed by atoms with van der Waals surface area (Å²) in [4.78, 5) is 11.3. The van der Waals surface area contributed by atoms with Crippen LogP contribution < -0.4 is 5.32 Å². The first kappa shape index (κ1) is 13.8. The fourth-order valence-corrected chi connectivity index (χ4v) is 2.80. The highest BCUT2D eigenvalue weighted by Gasteiger charge is 2.34. The van der Waals surface area contributed by atoms with Crippen molar-refractivity contribution in [3.63, 3.8) is 0 Å². The van der Waals surface area contributed by atoms with Gasteiger partial charge in [0.2, 0.25) is 0 Å². The van der Waals surface area contributed by atoms with E-state index in [-0.39, 0.29) is 5.54 Å². The summed E-state index contributed by atoms with van der Waals surface area (Å²) in [6, 6.07) is 1.97. The molecule has 0 unspecified atom stereocenters. The van der Waals surface area contributed by atoms with Crippen molar-refractivity contribution in [1.29, 1.82) is 0 Å². The average Bonchev–Trinajstić information content (AvgIpc) is 3.31. The first-order chi connectivity index (χ1) is 9.70. The zero-order valence-electron chi connectivity index (χ0n) is 12.4. The van der Waals surface area contributed by atoms with Crippen molar-refractivity contribution in [2.75, 3.05) is 39.2 Å². The van der Waals surface area contributed by atoms with Gasteiger partial charge in [-0.2, -0.15) is 0 Å². The van der Waals surface area contributed by atoms with Crippen LogP contribution in [0.1, 0.15) is 37.4 Å². The van der Waals surface area contributed by atoms with Crippen LogP contribution in [0.15, 0.2) is 12.3 Å². The first-order valence-electron chi connectivity index (χ1n) is 7.52. The van der Waals surface area contributed by atoms with Gasteiger partial charge in [0.25, 0.3) is 0 Å². The van der Waals surface area contributed by atoms with E-state index in [1.807, 2.05) is 12.3 Å². The Morgan fingerprint density at radius 3 is 2.75 bits per heavy atom. The summed E-state index contributed by atoms with van der Waals surface area (Å²) < 4.78 is 5.51. The van der Waals surface area contributed by atoms with E-state index in [2.05, 4.69) is 34.3 Å². The summed E-state index contributed by atoms with van der Waals surface area (Å²) in [6.45, 7) is 2.60. The van der Waals surface area contributed by atoms with Gasteiger partial charge in [0.1, 0.15) is 11.6 Å². The van der Waals surface area contributed by atoms with E-state index in [1.54, 1.807) is 0 Å². The fourth-order valence-electron chi connectivity index (χ4n) is 2.80. The van der Waals surface area contributed by atoms with Gasteiger partial charge < -0.3 is 15.0 Å². The van der Waals surface area contributed by atoms with E-state index in [0.29, 0.717) is 5.92 Å². The van der Waals surface area contributed by atoms with Gasteiger partial charge in [0, 0.05) is 37.4 Å². The normalized spacial score (nSPS) is 21.9. The Balaban J connectivity index is 1.66. The molecule has 1 aliphatic carbocycles. The molecular formula is C15H24N4O. The third-order valence-corrected chi connectivity index (χ3v) is 4.59. The van der Waals surface area contributed by atoms with E-state index < -0.39 is 0 Å². The third kappa shape index (κ3) is 2.94. The third-order valence-electron chi connectivity index (χ3n) is 4.59. The highest BCUT2D eigenvalue weighted by atomic mass is 16.5. The van der Waals surface area contributed by atoms with Gasteiger partial charge in [-0.25, -0.2) is 9.97 Å². The molecule has 1 aliphatic heterocycles. The number of hydrogen-bond acceptors (Lipinski definition) is 5. The molecule has 5 nitrogen and oxygen atoms in total. The maximum absolute atomic E-state index is 5.51. The molecule has 0 spiro atoms. The predicted octanol–water partition coefficient (Wildman–Crippen LogP) is 1.88.